The molecule has 0 radical (unpaired) electrons. The van der Waals surface area contributed by atoms with Crippen LogP contribution >= 0.6 is 0 Å². The van der Waals surface area contributed by atoms with E-state index in [0.717, 1.165) is 5.56 Å². The first kappa shape index (κ1) is 13.8. The molecule has 6 heteroatoms. The maximum absolute atomic E-state index is 10.2. The van der Waals surface area contributed by atoms with E-state index in [4.69, 9.17) is 14.6 Å². The summed E-state index contributed by atoms with van der Waals surface area (Å²) < 4.78 is 10.5. The number of nitrogens with zero attached hydrogens (tertiary/aromatic N) is 1. The first-order valence-corrected chi connectivity index (χ1v) is 5.35. The van der Waals surface area contributed by atoms with Gasteiger partial charge in [-0.1, -0.05) is 5.16 Å². The normalized spacial score (nSPS) is 10.3. The van der Waals surface area contributed by atoms with E-state index in [0.29, 0.717) is 18.1 Å². The Morgan fingerprint density at radius 2 is 2.22 bits per heavy atom. The largest absolute Gasteiger partial charge is 0.493 e. The van der Waals surface area contributed by atoms with Gasteiger partial charge >= 0.3 is 5.97 Å². The molecule has 0 aromatic heterocycles. The quantitative estimate of drug-likeness (QED) is 0.589. The van der Waals surface area contributed by atoms with E-state index in [2.05, 4.69) is 9.99 Å². The van der Waals surface area contributed by atoms with Crippen LogP contribution in [-0.2, 0) is 9.63 Å². The zero-order chi connectivity index (χ0) is 13.4. The highest BCUT2D eigenvalue weighted by molar-refractivity contribution is 5.80. The Morgan fingerprint density at radius 3 is 2.83 bits per heavy atom. The summed E-state index contributed by atoms with van der Waals surface area (Å²) in [6.07, 6.45) is 1.41. The maximum atomic E-state index is 10.2. The van der Waals surface area contributed by atoms with E-state index in [-0.39, 0.29) is 0 Å². The van der Waals surface area contributed by atoms with Crippen molar-refractivity contribution in [3.05, 3.63) is 23.8 Å². The van der Waals surface area contributed by atoms with Gasteiger partial charge in [0.05, 0.1) is 19.9 Å². The van der Waals surface area contributed by atoms with Crippen molar-refractivity contribution in [1.82, 2.24) is 0 Å². The van der Waals surface area contributed by atoms with E-state index < -0.39 is 12.6 Å². The predicted octanol–water partition coefficient (Wildman–Crippen LogP) is 1.53. The van der Waals surface area contributed by atoms with E-state index in [9.17, 15) is 4.79 Å². The van der Waals surface area contributed by atoms with Gasteiger partial charge in [-0.2, -0.15) is 0 Å². The molecule has 0 fully saturated rings. The summed E-state index contributed by atoms with van der Waals surface area (Å²) >= 11 is 0. The lowest BCUT2D eigenvalue weighted by Gasteiger charge is -2.09. The summed E-state index contributed by atoms with van der Waals surface area (Å²) in [5.41, 5.74) is 0.727. The summed E-state index contributed by atoms with van der Waals surface area (Å²) in [4.78, 5) is 14.8. The van der Waals surface area contributed by atoms with Gasteiger partial charge in [-0.15, -0.1) is 0 Å². The number of hydrogen-bond acceptors (Lipinski definition) is 5. The van der Waals surface area contributed by atoms with Gasteiger partial charge < -0.3 is 19.4 Å². The number of oxime groups is 1. The number of carboxylic acids is 1. The van der Waals surface area contributed by atoms with Crippen LogP contribution in [0.25, 0.3) is 0 Å². The second-order valence-corrected chi connectivity index (χ2v) is 3.24. The number of benzene rings is 1. The number of rotatable bonds is 7. The molecule has 1 aromatic carbocycles. The second-order valence-electron chi connectivity index (χ2n) is 3.24. The highest BCUT2D eigenvalue weighted by atomic mass is 16.6. The minimum Gasteiger partial charge on any atom is -0.493 e. The molecular weight excluding hydrogens is 238 g/mol. The van der Waals surface area contributed by atoms with Crippen molar-refractivity contribution < 1.29 is 24.2 Å². The molecule has 6 nitrogen and oxygen atoms in total. The van der Waals surface area contributed by atoms with Crippen molar-refractivity contribution >= 4 is 12.2 Å². The molecule has 0 saturated carbocycles. The molecule has 1 aromatic rings. The highest BCUT2D eigenvalue weighted by Gasteiger charge is 2.04. The van der Waals surface area contributed by atoms with Gasteiger partial charge in [0.2, 0.25) is 6.61 Å². The van der Waals surface area contributed by atoms with Crippen LogP contribution in [0.1, 0.15) is 12.5 Å². The smallest absolute Gasteiger partial charge is 0.344 e. The summed E-state index contributed by atoms with van der Waals surface area (Å²) in [5.74, 6) is 0.152. The molecule has 0 bridgehead atoms. The Balaban J connectivity index is 2.71. The second kappa shape index (κ2) is 7.16. The van der Waals surface area contributed by atoms with Crippen molar-refractivity contribution in [3.8, 4) is 11.5 Å². The summed E-state index contributed by atoms with van der Waals surface area (Å²) in [5, 5.41) is 11.9. The molecule has 0 aliphatic carbocycles. The molecule has 98 valence electrons. The highest BCUT2D eigenvalue weighted by Crippen LogP contribution is 2.27. The van der Waals surface area contributed by atoms with Crippen LogP contribution in [0.3, 0.4) is 0 Å². The van der Waals surface area contributed by atoms with Crippen LogP contribution < -0.4 is 9.47 Å². The predicted molar refractivity (Wildman–Crippen MR) is 65.3 cm³/mol. The topological polar surface area (TPSA) is 77.4 Å². The fraction of sp³-hybridized carbons (Fsp3) is 0.333. The number of methoxy groups -OCH3 is 1. The fourth-order valence-electron chi connectivity index (χ4n) is 1.23. The van der Waals surface area contributed by atoms with Crippen LogP contribution in [-0.4, -0.2) is 37.6 Å². The van der Waals surface area contributed by atoms with E-state index in [1.54, 1.807) is 25.3 Å². The molecule has 0 aliphatic heterocycles. The summed E-state index contributed by atoms with van der Waals surface area (Å²) in [6.45, 7) is 1.92. The lowest BCUT2D eigenvalue weighted by atomic mass is 10.2. The lowest BCUT2D eigenvalue weighted by molar-refractivity contribution is -0.142. The average molecular weight is 253 g/mol. The van der Waals surface area contributed by atoms with Crippen molar-refractivity contribution in [1.29, 1.82) is 0 Å². The van der Waals surface area contributed by atoms with E-state index in [1.165, 1.54) is 6.21 Å². The third-order valence-corrected chi connectivity index (χ3v) is 1.95. The zero-order valence-corrected chi connectivity index (χ0v) is 10.3. The van der Waals surface area contributed by atoms with Crippen LogP contribution in [0.4, 0.5) is 0 Å². The maximum Gasteiger partial charge on any atom is 0.344 e. The van der Waals surface area contributed by atoms with Gasteiger partial charge in [0.25, 0.3) is 0 Å². The monoisotopic (exact) mass is 253 g/mol. The van der Waals surface area contributed by atoms with Gasteiger partial charge in [-0.3, -0.25) is 0 Å². The third-order valence-electron chi connectivity index (χ3n) is 1.95. The minimum atomic E-state index is -1.07. The Kier molecular flexibility index (Phi) is 5.50. The Morgan fingerprint density at radius 1 is 1.44 bits per heavy atom. The van der Waals surface area contributed by atoms with Crippen molar-refractivity contribution in [2.24, 2.45) is 5.16 Å². The van der Waals surface area contributed by atoms with E-state index in [1.807, 2.05) is 6.92 Å². The van der Waals surface area contributed by atoms with Crippen LogP contribution in [0, 0.1) is 0 Å². The molecule has 0 atom stereocenters. The standard InChI is InChI=1S/C12H15NO5/c1-3-17-11-6-9(4-5-10(11)16-2)7-13-18-8-12(14)15/h4-7H,3,8H2,1-2H3,(H,14,15). The number of aliphatic carboxylic acids is 1. The molecule has 0 spiro atoms. The Labute approximate surface area is 105 Å². The van der Waals surface area contributed by atoms with Crippen LogP contribution in [0.15, 0.2) is 23.4 Å². The molecule has 0 heterocycles. The molecule has 1 N–H and O–H groups in total. The molecule has 0 amide bonds. The molecular formula is C12H15NO5. The summed E-state index contributed by atoms with van der Waals surface area (Å²) in [7, 11) is 1.56. The molecule has 0 aliphatic rings. The van der Waals surface area contributed by atoms with Crippen LogP contribution in [0.2, 0.25) is 0 Å². The molecule has 0 unspecified atom stereocenters. The summed E-state index contributed by atoms with van der Waals surface area (Å²) in [6, 6.07) is 5.23. The van der Waals surface area contributed by atoms with Gasteiger partial charge in [0.1, 0.15) is 0 Å². The van der Waals surface area contributed by atoms with Crippen molar-refractivity contribution in [3.63, 3.8) is 0 Å². The third kappa shape index (κ3) is 4.32. The number of ether oxygens (including phenoxy) is 2. The lowest BCUT2D eigenvalue weighted by Crippen LogP contribution is -2.03. The van der Waals surface area contributed by atoms with Crippen LogP contribution in [0.5, 0.6) is 11.5 Å². The molecule has 18 heavy (non-hydrogen) atoms. The van der Waals surface area contributed by atoms with Gasteiger partial charge in [-0.05, 0) is 25.1 Å². The first-order chi connectivity index (χ1) is 8.67. The minimum absolute atomic E-state index is 0.467. The SMILES string of the molecule is CCOc1cc(C=NOCC(=O)O)ccc1OC. The average Bonchev–Trinajstić information content (AvgIpc) is 2.35. The van der Waals surface area contributed by atoms with Crippen molar-refractivity contribution in [2.45, 2.75) is 6.92 Å². The van der Waals surface area contributed by atoms with Crippen molar-refractivity contribution in [2.75, 3.05) is 20.3 Å². The zero-order valence-electron chi connectivity index (χ0n) is 10.3. The number of carbonyl (C=O) groups is 1. The number of carboxylic acid groups (broad SMARTS) is 1. The van der Waals surface area contributed by atoms with Gasteiger partial charge in [0, 0.05) is 5.56 Å². The Hall–Kier alpha value is -2.24. The van der Waals surface area contributed by atoms with Gasteiger partial charge in [-0.25, -0.2) is 4.79 Å². The molecule has 1 rings (SSSR count). The molecule has 0 saturated heterocycles. The first-order valence-electron chi connectivity index (χ1n) is 5.35. The number of hydrogen-bond donors (Lipinski definition) is 1. The van der Waals surface area contributed by atoms with Gasteiger partial charge in [0.15, 0.2) is 11.5 Å². The fourth-order valence-corrected chi connectivity index (χ4v) is 1.23. The Bertz CT molecular complexity index is 430. The van der Waals surface area contributed by atoms with E-state index >= 15 is 0 Å².